The number of imidazole rings is 1. The Morgan fingerprint density at radius 3 is 2.76 bits per heavy atom. The molecule has 1 aromatic carbocycles. The van der Waals surface area contributed by atoms with Crippen molar-refractivity contribution < 1.29 is 24.1 Å². The van der Waals surface area contributed by atoms with Gasteiger partial charge < -0.3 is 29.6 Å². The van der Waals surface area contributed by atoms with E-state index in [-0.39, 0.29) is 34.7 Å². The van der Waals surface area contributed by atoms with Crippen molar-refractivity contribution in [3.63, 3.8) is 0 Å². The van der Waals surface area contributed by atoms with Crippen LogP contribution < -0.4 is 5.32 Å². The summed E-state index contributed by atoms with van der Waals surface area (Å²) < 4.78 is 28.0. The summed E-state index contributed by atoms with van der Waals surface area (Å²) in [5, 5.41) is 24.5. The molecule has 2 fully saturated rings. The number of hydrogen-bond acceptors (Lipinski definition) is 8. The summed E-state index contributed by atoms with van der Waals surface area (Å²) in [6, 6.07) is 2.64. The monoisotopic (exact) mass is 491 g/mol. The molecular formula is C23H27ClFN5O4. The minimum atomic E-state index is -1.26. The van der Waals surface area contributed by atoms with E-state index in [0.29, 0.717) is 35.6 Å². The van der Waals surface area contributed by atoms with E-state index in [1.165, 1.54) is 12.3 Å². The molecule has 3 aromatic rings. The second kappa shape index (κ2) is 8.39. The molecule has 0 spiro atoms. The molecule has 3 N–H and O–H groups in total. The van der Waals surface area contributed by atoms with Crippen molar-refractivity contribution in [1.29, 1.82) is 0 Å². The number of nitrogens with zero attached hydrogens (tertiary/aromatic N) is 4. The second-order valence-corrected chi connectivity index (χ2v) is 10.0. The lowest BCUT2D eigenvalue weighted by Crippen LogP contribution is -2.48. The van der Waals surface area contributed by atoms with Crippen molar-refractivity contribution in [2.24, 2.45) is 0 Å². The first-order chi connectivity index (χ1) is 16.0. The van der Waals surface area contributed by atoms with Gasteiger partial charge in [0.2, 0.25) is 5.95 Å². The summed E-state index contributed by atoms with van der Waals surface area (Å²) in [7, 11) is 0. The van der Waals surface area contributed by atoms with Crippen LogP contribution >= 0.6 is 11.6 Å². The third-order valence-corrected chi connectivity index (χ3v) is 6.40. The maximum Gasteiger partial charge on any atom is 0.223 e. The highest BCUT2D eigenvalue weighted by Crippen LogP contribution is 2.35. The molecule has 2 saturated heterocycles. The molecule has 5 rings (SSSR count). The molecule has 4 atom stereocenters. The van der Waals surface area contributed by atoms with Gasteiger partial charge >= 0.3 is 0 Å². The summed E-state index contributed by atoms with van der Waals surface area (Å²) >= 11 is 6.42. The SMILES string of the molecule is CC(C)n1c(C(C)(C)O)nc2c(F)cc(-c3nc(N[C@@H]4C[C@@H]5CO[C@@H](O5)[C@H]4O)ncc3Cl)cc21. The maximum atomic E-state index is 15.2. The van der Waals surface area contributed by atoms with Gasteiger partial charge in [-0.15, -0.1) is 0 Å². The van der Waals surface area contributed by atoms with Gasteiger partial charge in [-0.2, -0.15) is 0 Å². The highest BCUT2D eigenvalue weighted by molar-refractivity contribution is 6.33. The summed E-state index contributed by atoms with van der Waals surface area (Å²) in [5.41, 5.74) is 0.217. The molecule has 2 aromatic heterocycles. The van der Waals surface area contributed by atoms with E-state index in [2.05, 4.69) is 20.3 Å². The van der Waals surface area contributed by atoms with Crippen LogP contribution in [-0.2, 0) is 15.1 Å². The van der Waals surface area contributed by atoms with Gasteiger partial charge in [0.15, 0.2) is 12.1 Å². The van der Waals surface area contributed by atoms with Gasteiger partial charge in [-0.05, 0) is 46.2 Å². The predicted molar refractivity (Wildman–Crippen MR) is 124 cm³/mol. The van der Waals surface area contributed by atoms with E-state index in [1.807, 2.05) is 18.4 Å². The van der Waals surface area contributed by atoms with Crippen molar-refractivity contribution >= 4 is 28.6 Å². The summed E-state index contributed by atoms with van der Waals surface area (Å²) in [5.74, 6) is 0.0741. The fraction of sp³-hybridized carbons (Fsp3) is 0.522. The number of anilines is 1. The number of fused-ring (bicyclic) bond motifs is 3. The van der Waals surface area contributed by atoms with Gasteiger partial charge in [-0.1, -0.05) is 11.6 Å². The van der Waals surface area contributed by atoms with Crippen LogP contribution in [0, 0.1) is 5.82 Å². The van der Waals surface area contributed by atoms with E-state index in [0.717, 1.165) is 0 Å². The fourth-order valence-corrected chi connectivity index (χ4v) is 4.78. The predicted octanol–water partition coefficient (Wildman–Crippen LogP) is 3.38. The van der Waals surface area contributed by atoms with Crippen molar-refractivity contribution in [3.8, 4) is 11.3 Å². The number of benzene rings is 1. The lowest BCUT2D eigenvalue weighted by molar-refractivity contribution is -0.156. The van der Waals surface area contributed by atoms with Crippen LogP contribution in [0.3, 0.4) is 0 Å². The fourth-order valence-electron chi connectivity index (χ4n) is 4.58. The van der Waals surface area contributed by atoms with Gasteiger partial charge in [0.05, 0.1) is 41.2 Å². The van der Waals surface area contributed by atoms with Gasteiger partial charge in [0, 0.05) is 11.6 Å². The van der Waals surface area contributed by atoms with Crippen LogP contribution in [0.25, 0.3) is 22.3 Å². The Morgan fingerprint density at radius 1 is 1.29 bits per heavy atom. The molecule has 2 aliphatic rings. The van der Waals surface area contributed by atoms with Gasteiger partial charge in [-0.3, -0.25) is 0 Å². The third kappa shape index (κ3) is 4.03. The smallest absolute Gasteiger partial charge is 0.223 e. The first-order valence-electron chi connectivity index (χ1n) is 11.2. The lowest BCUT2D eigenvalue weighted by Gasteiger charge is -2.32. The van der Waals surface area contributed by atoms with Crippen molar-refractivity contribution in [2.45, 2.75) is 70.3 Å². The van der Waals surface area contributed by atoms with Crippen LogP contribution in [0.2, 0.25) is 5.02 Å². The zero-order valence-corrected chi connectivity index (χ0v) is 20.0. The van der Waals surface area contributed by atoms with E-state index in [4.69, 9.17) is 21.1 Å². The molecule has 2 aliphatic heterocycles. The maximum absolute atomic E-state index is 15.2. The number of nitrogens with one attached hydrogen (secondary N) is 1. The largest absolute Gasteiger partial charge is 0.386 e. The minimum Gasteiger partial charge on any atom is -0.386 e. The van der Waals surface area contributed by atoms with Gasteiger partial charge in [0.25, 0.3) is 0 Å². The Bertz CT molecular complexity index is 1240. The molecule has 0 saturated carbocycles. The average molecular weight is 492 g/mol. The van der Waals surface area contributed by atoms with E-state index in [9.17, 15) is 10.2 Å². The van der Waals surface area contributed by atoms with E-state index in [1.54, 1.807) is 19.9 Å². The Labute approximate surface area is 200 Å². The molecule has 4 heterocycles. The van der Waals surface area contributed by atoms with Crippen LogP contribution in [-0.4, -0.2) is 60.9 Å². The normalized spacial score (nSPS) is 24.9. The lowest BCUT2D eigenvalue weighted by atomic mass is 10.0. The van der Waals surface area contributed by atoms with Crippen LogP contribution in [0.4, 0.5) is 10.3 Å². The van der Waals surface area contributed by atoms with Gasteiger partial charge in [0.1, 0.15) is 23.0 Å². The number of aliphatic hydroxyl groups excluding tert-OH is 1. The minimum absolute atomic E-state index is 0.0771. The molecule has 0 aliphatic carbocycles. The highest BCUT2D eigenvalue weighted by atomic mass is 35.5. The topological polar surface area (TPSA) is 115 Å². The molecule has 34 heavy (non-hydrogen) atoms. The molecule has 0 amide bonds. The molecule has 2 bridgehead atoms. The van der Waals surface area contributed by atoms with E-state index < -0.39 is 23.8 Å². The molecular weight excluding hydrogens is 465 g/mol. The molecule has 11 heteroatoms. The number of ether oxygens (including phenoxy) is 2. The van der Waals surface area contributed by atoms with Crippen LogP contribution in [0.5, 0.6) is 0 Å². The van der Waals surface area contributed by atoms with Crippen molar-refractivity contribution in [3.05, 3.63) is 35.0 Å². The van der Waals surface area contributed by atoms with Gasteiger partial charge in [-0.25, -0.2) is 19.3 Å². The first kappa shape index (κ1) is 23.4. The zero-order valence-electron chi connectivity index (χ0n) is 19.3. The van der Waals surface area contributed by atoms with Crippen molar-refractivity contribution in [1.82, 2.24) is 19.5 Å². The van der Waals surface area contributed by atoms with Crippen LogP contribution in [0.15, 0.2) is 18.3 Å². The number of aliphatic hydroxyl groups is 2. The number of hydrogen-bond donors (Lipinski definition) is 3. The molecule has 0 radical (unpaired) electrons. The highest BCUT2D eigenvalue weighted by Gasteiger charge is 2.43. The zero-order chi connectivity index (χ0) is 24.4. The number of aromatic nitrogens is 4. The number of rotatable bonds is 5. The quantitative estimate of drug-likeness (QED) is 0.497. The standard InChI is InChI=1S/C23H27ClFN5O4/c1-10(2)30-16-6-11(5-14(25)18(16)28-21(30)23(3,4)32)17-13(24)8-26-22(29-17)27-15-7-12-9-33-20(34-12)19(15)31/h5-6,8,10,12,15,19-20,31-32H,7,9H2,1-4H3,(H,26,27,29)/t12-,15-,19+,20+/m1/s1. The summed E-state index contributed by atoms with van der Waals surface area (Å²) in [6.45, 7) is 7.55. The number of halogens is 2. The van der Waals surface area contributed by atoms with Crippen LogP contribution in [0.1, 0.15) is 46.0 Å². The average Bonchev–Trinajstić information content (AvgIpc) is 3.35. The Morgan fingerprint density at radius 2 is 2.06 bits per heavy atom. The second-order valence-electron chi connectivity index (χ2n) is 9.61. The third-order valence-electron chi connectivity index (χ3n) is 6.13. The Hall–Kier alpha value is -2.37. The summed E-state index contributed by atoms with van der Waals surface area (Å²) in [4.78, 5) is 13.2. The molecule has 0 unspecified atom stereocenters. The first-order valence-corrected chi connectivity index (χ1v) is 11.6. The Kier molecular flexibility index (Phi) is 5.77. The van der Waals surface area contributed by atoms with Crippen molar-refractivity contribution in [2.75, 3.05) is 11.9 Å². The van der Waals surface area contributed by atoms with E-state index >= 15 is 4.39 Å². The molecule has 9 nitrogen and oxygen atoms in total. The summed E-state index contributed by atoms with van der Waals surface area (Å²) in [6.07, 6.45) is 0.312. The Balaban J connectivity index is 1.55. The molecule has 182 valence electrons.